The summed E-state index contributed by atoms with van der Waals surface area (Å²) >= 11 is 0. The van der Waals surface area contributed by atoms with Crippen molar-refractivity contribution in [3.63, 3.8) is 0 Å². The first-order chi connectivity index (χ1) is 12.1. The van der Waals surface area contributed by atoms with Crippen molar-refractivity contribution in [1.82, 2.24) is 15.1 Å². The molecule has 5 nitrogen and oxygen atoms in total. The number of amides is 2. The van der Waals surface area contributed by atoms with Gasteiger partial charge in [-0.05, 0) is 57.8 Å². The van der Waals surface area contributed by atoms with Crippen LogP contribution in [0, 0.1) is 0 Å². The summed E-state index contributed by atoms with van der Waals surface area (Å²) in [7, 11) is 0. The minimum absolute atomic E-state index is 0.0747. The number of piperidine rings is 1. The number of benzene rings is 1. The number of nitrogens with zero attached hydrogens (tertiary/aromatic N) is 2. The van der Waals surface area contributed by atoms with E-state index in [-0.39, 0.29) is 23.8 Å². The number of likely N-dealkylation sites (tertiary alicyclic amines) is 1. The van der Waals surface area contributed by atoms with Gasteiger partial charge in [0.05, 0.1) is 11.5 Å². The Kier molecular flexibility index (Phi) is 4.07. The second kappa shape index (κ2) is 6.13. The molecule has 1 unspecified atom stereocenters. The van der Waals surface area contributed by atoms with E-state index < -0.39 is 5.54 Å². The quantitative estimate of drug-likeness (QED) is 0.895. The standard InChI is InChI=1S/C20H27N3O2/c1-14(2)23-18(24)16-7-4-3-6-15(16)17(19(25)22-12-5-13-22)20(23)8-10-21-11-9-20/h3-4,6-7,14,17,21H,5,8-13H2,1-2H3. The SMILES string of the molecule is CC(C)N1C(=O)c2ccccc2C(C(=O)N2CCC2)C12CCNCC2. The molecule has 4 rings (SSSR count). The van der Waals surface area contributed by atoms with E-state index in [0.29, 0.717) is 5.56 Å². The fourth-order valence-electron chi connectivity index (χ4n) is 4.92. The Morgan fingerprint density at radius 2 is 1.88 bits per heavy atom. The molecule has 2 saturated heterocycles. The number of carbonyl (C=O) groups is 2. The highest BCUT2D eigenvalue weighted by Gasteiger charge is 2.56. The van der Waals surface area contributed by atoms with Crippen LogP contribution < -0.4 is 5.32 Å². The van der Waals surface area contributed by atoms with Gasteiger partial charge in [0.15, 0.2) is 0 Å². The molecule has 3 aliphatic rings. The summed E-state index contributed by atoms with van der Waals surface area (Å²) < 4.78 is 0. The lowest BCUT2D eigenvalue weighted by molar-refractivity contribution is -0.141. The molecule has 0 radical (unpaired) electrons. The molecule has 1 aromatic rings. The molecule has 5 heteroatoms. The van der Waals surface area contributed by atoms with Crippen molar-refractivity contribution in [2.24, 2.45) is 0 Å². The average molecular weight is 341 g/mol. The highest BCUT2D eigenvalue weighted by atomic mass is 16.2. The van der Waals surface area contributed by atoms with Crippen LogP contribution in [-0.2, 0) is 4.79 Å². The van der Waals surface area contributed by atoms with E-state index >= 15 is 0 Å². The Bertz CT molecular complexity index is 690. The second-order valence-electron chi connectivity index (χ2n) is 7.82. The lowest BCUT2D eigenvalue weighted by Crippen LogP contribution is -2.67. The van der Waals surface area contributed by atoms with E-state index in [1.807, 2.05) is 34.1 Å². The number of fused-ring (bicyclic) bond motifs is 1. The first kappa shape index (κ1) is 16.6. The van der Waals surface area contributed by atoms with Crippen LogP contribution in [-0.4, -0.2) is 59.4 Å². The predicted molar refractivity (Wildman–Crippen MR) is 96.5 cm³/mol. The number of hydrogen-bond acceptors (Lipinski definition) is 3. The lowest BCUT2D eigenvalue weighted by atomic mass is 9.66. The van der Waals surface area contributed by atoms with Gasteiger partial charge in [-0.1, -0.05) is 18.2 Å². The zero-order valence-electron chi connectivity index (χ0n) is 15.1. The molecule has 0 aromatic heterocycles. The Morgan fingerprint density at radius 1 is 1.20 bits per heavy atom. The number of carbonyl (C=O) groups excluding carboxylic acids is 2. The van der Waals surface area contributed by atoms with Crippen molar-refractivity contribution < 1.29 is 9.59 Å². The van der Waals surface area contributed by atoms with Crippen LogP contribution in [0.25, 0.3) is 0 Å². The van der Waals surface area contributed by atoms with Gasteiger partial charge in [-0.3, -0.25) is 9.59 Å². The van der Waals surface area contributed by atoms with Crippen LogP contribution in [0.15, 0.2) is 24.3 Å². The number of rotatable bonds is 2. The minimum Gasteiger partial charge on any atom is -0.342 e. The van der Waals surface area contributed by atoms with Crippen molar-refractivity contribution in [2.45, 2.75) is 50.6 Å². The van der Waals surface area contributed by atoms with E-state index in [0.717, 1.165) is 51.0 Å². The highest BCUT2D eigenvalue weighted by Crippen LogP contribution is 2.48. The molecule has 25 heavy (non-hydrogen) atoms. The molecule has 0 aliphatic carbocycles. The maximum Gasteiger partial charge on any atom is 0.254 e. The van der Waals surface area contributed by atoms with Crippen molar-refractivity contribution in [3.05, 3.63) is 35.4 Å². The predicted octanol–water partition coefficient (Wildman–Crippen LogP) is 1.99. The first-order valence-electron chi connectivity index (χ1n) is 9.48. The van der Waals surface area contributed by atoms with E-state index in [1.165, 1.54) is 0 Å². The maximum atomic E-state index is 13.5. The van der Waals surface area contributed by atoms with Gasteiger partial charge in [0.25, 0.3) is 5.91 Å². The van der Waals surface area contributed by atoms with E-state index in [4.69, 9.17) is 0 Å². The molecular formula is C20H27N3O2. The van der Waals surface area contributed by atoms with Gasteiger partial charge in [0.2, 0.25) is 5.91 Å². The summed E-state index contributed by atoms with van der Waals surface area (Å²) in [4.78, 5) is 30.8. The van der Waals surface area contributed by atoms with Crippen molar-refractivity contribution in [1.29, 1.82) is 0 Å². The molecule has 0 saturated carbocycles. The Hall–Kier alpha value is -1.88. The van der Waals surface area contributed by atoms with Crippen molar-refractivity contribution in [3.8, 4) is 0 Å². The van der Waals surface area contributed by atoms with Crippen LogP contribution in [0.2, 0.25) is 0 Å². The summed E-state index contributed by atoms with van der Waals surface area (Å²) in [5, 5.41) is 3.41. The van der Waals surface area contributed by atoms with Gasteiger partial charge >= 0.3 is 0 Å². The average Bonchev–Trinajstić information content (AvgIpc) is 2.54. The second-order valence-corrected chi connectivity index (χ2v) is 7.82. The maximum absolute atomic E-state index is 13.5. The smallest absolute Gasteiger partial charge is 0.254 e. The first-order valence-corrected chi connectivity index (χ1v) is 9.48. The van der Waals surface area contributed by atoms with Gasteiger partial charge in [-0.25, -0.2) is 0 Å². The molecule has 1 aromatic carbocycles. The van der Waals surface area contributed by atoms with Crippen molar-refractivity contribution in [2.75, 3.05) is 26.2 Å². The Labute approximate surface area is 149 Å². The molecule has 134 valence electrons. The van der Waals surface area contributed by atoms with Gasteiger partial charge in [-0.2, -0.15) is 0 Å². The molecule has 2 fully saturated rings. The topological polar surface area (TPSA) is 52.7 Å². The minimum atomic E-state index is -0.405. The summed E-state index contributed by atoms with van der Waals surface area (Å²) in [5.74, 6) is 0.0464. The van der Waals surface area contributed by atoms with Crippen LogP contribution in [0.3, 0.4) is 0 Å². The van der Waals surface area contributed by atoms with E-state index in [9.17, 15) is 9.59 Å². The third kappa shape index (κ3) is 2.40. The van der Waals surface area contributed by atoms with Crippen LogP contribution >= 0.6 is 0 Å². The fourth-order valence-corrected chi connectivity index (χ4v) is 4.92. The van der Waals surface area contributed by atoms with E-state index in [1.54, 1.807) is 0 Å². The molecule has 2 amide bonds. The number of hydrogen-bond donors (Lipinski definition) is 1. The largest absolute Gasteiger partial charge is 0.342 e. The summed E-state index contributed by atoms with van der Waals surface area (Å²) in [6.45, 7) is 7.54. The van der Waals surface area contributed by atoms with Gasteiger partial charge in [0, 0.05) is 24.7 Å². The van der Waals surface area contributed by atoms with Gasteiger partial charge < -0.3 is 15.1 Å². The zero-order valence-corrected chi connectivity index (χ0v) is 15.1. The summed E-state index contributed by atoms with van der Waals surface area (Å²) in [6.07, 6.45) is 2.74. The van der Waals surface area contributed by atoms with Gasteiger partial charge in [0.1, 0.15) is 0 Å². The normalized spacial score (nSPS) is 25.1. The van der Waals surface area contributed by atoms with Crippen LogP contribution in [0.1, 0.15) is 54.9 Å². The summed E-state index contributed by atoms with van der Waals surface area (Å²) in [6, 6.07) is 7.82. The van der Waals surface area contributed by atoms with E-state index in [2.05, 4.69) is 19.2 Å². The highest BCUT2D eigenvalue weighted by molar-refractivity contribution is 6.02. The number of nitrogens with one attached hydrogen (secondary N) is 1. The zero-order chi connectivity index (χ0) is 17.6. The molecule has 3 heterocycles. The van der Waals surface area contributed by atoms with Crippen molar-refractivity contribution >= 4 is 11.8 Å². The molecule has 1 N–H and O–H groups in total. The Morgan fingerprint density at radius 3 is 2.48 bits per heavy atom. The third-order valence-electron chi connectivity index (χ3n) is 6.14. The Balaban J connectivity index is 1.90. The summed E-state index contributed by atoms with van der Waals surface area (Å²) in [5.41, 5.74) is 1.24. The monoisotopic (exact) mass is 341 g/mol. The molecule has 1 spiro atoms. The molecular weight excluding hydrogens is 314 g/mol. The molecule has 3 aliphatic heterocycles. The third-order valence-corrected chi connectivity index (χ3v) is 6.14. The molecule has 1 atom stereocenters. The molecule has 0 bridgehead atoms. The fraction of sp³-hybridized carbons (Fsp3) is 0.600. The van der Waals surface area contributed by atoms with Gasteiger partial charge in [-0.15, -0.1) is 0 Å². The lowest BCUT2D eigenvalue weighted by Gasteiger charge is -2.56. The van der Waals surface area contributed by atoms with Crippen LogP contribution in [0.5, 0.6) is 0 Å². The van der Waals surface area contributed by atoms with Crippen LogP contribution in [0.4, 0.5) is 0 Å².